The molecule has 1 rings (SSSR count). The molecule has 0 atom stereocenters. The fourth-order valence-electron chi connectivity index (χ4n) is 0.606. The molecular weight excluding hydrogens is 96.1 g/mol. The van der Waals surface area contributed by atoms with Gasteiger partial charge in [0.1, 0.15) is 0 Å². The first kappa shape index (κ1) is 3.11. The van der Waals surface area contributed by atoms with Crippen LogP contribution in [0.25, 0.3) is 0 Å². The largest absolute Gasteiger partial charge is 0.125 e. The second-order valence-electron chi connectivity index (χ2n) is 1.64. The van der Waals surface area contributed by atoms with Gasteiger partial charge in [0.15, 0.2) is 0 Å². The van der Waals surface area contributed by atoms with E-state index in [0.717, 1.165) is 12.0 Å². The van der Waals surface area contributed by atoms with Crippen LogP contribution in [-0.4, -0.2) is 0 Å². The van der Waals surface area contributed by atoms with Crippen LogP contribution in [0.4, 0.5) is 0 Å². The molecule has 0 spiro atoms. The molecule has 0 aliphatic heterocycles. The Labute approximate surface area is 52.3 Å². The SMILES string of the molecule is [2H]C([2H])=C=C1C=CC=CC1. The molecule has 0 aromatic carbocycles. The second-order valence-corrected chi connectivity index (χ2v) is 1.64. The lowest BCUT2D eigenvalue weighted by molar-refractivity contribution is 1.27. The van der Waals surface area contributed by atoms with E-state index in [1.54, 1.807) is 0 Å². The first-order chi connectivity index (χ1) is 4.79. The molecule has 0 saturated carbocycles. The van der Waals surface area contributed by atoms with Crippen molar-refractivity contribution in [3.05, 3.63) is 42.1 Å². The summed E-state index contributed by atoms with van der Waals surface area (Å²) in [7, 11) is 0. The van der Waals surface area contributed by atoms with Gasteiger partial charge in [-0.3, -0.25) is 0 Å². The van der Waals surface area contributed by atoms with E-state index >= 15 is 0 Å². The van der Waals surface area contributed by atoms with Gasteiger partial charge in [0, 0.05) is 0 Å². The summed E-state index contributed by atoms with van der Waals surface area (Å²) < 4.78 is 13.6. The molecule has 0 heteroatoms. The third-order valence-electron chi connectivity index (χ3n) is 1.04. The maximum Gasteiger partial charge on any atom is 0.0628 e. The van der Waals surface area contributed by atoms with Gasteiger partial charge in [-0.1, -0.05) is 30.8 Å². The number of hydrogen-bond donors (Lipinski definition) is 0. The molecule has 1 aliphatic carbocycles. The van der Waals surface area contributed by atoms with Crippen LogP contribution in [0.2, 0.25) is 0 Å². The summed E-state index contributed by atoms with van der Waals surface area (Å²) in [6, 6.07) is 0. The van der Waals surface area contributed by atoms with E-state index in [4.69, 9.17) is 2.74 Å². The van der Waals surface area contributed by atoms with Gasteiger partial charge in [0.2, 0.25) is 0 Å². The predicted molar refractivity (Wildman–Crippen MR) is 35.6 cm³/mol. The van der Waals surface area contributed by atoms with Gasteiger partial charge in [-0.05, 0) is 12.0 Å². The quantitative estimate of drug-likeness (QED) is 0.415. The Balaban J connectivity index is 2.87. The zero-order valence-electron chi connectivity index (χ0n) is 6.52. The van der Waals surface area contributed by atoms with Crippen molar-refractivity contribution in [2.24, 2.45) is 0 Å². The Morgan fingerprint density at radius 1 is 1.75 bits per heavy atom. The van der Waals surface area contributed by atoms with Gasteiger partial charge < -0.3 is 0 Å². The summed E-state index contributed by atoms with van der Waals surface area (Å²) >= 11 is 0. The lowest BCUT2D eigenvalue weighted by Gasteiger charge is -1.94. The van der Waals surface area contributed by atoms with Gasteiger partial charge in [0.25, 0.3) is 0 Å². The van der Waals surface area contributed by atoms with Gasteiger partial charge >= 0.3 is 0 Å². The van der Waals surface area contributed by atoms with Crippen LogP contribution in [-0.2, 0) is 0 Å². The van der Waals surface area contributed by atoms with Crippen LogP contribution in [0.3, 0.4) is 0 Å². The molecule has 0 nitrogen and oxygen atoms in total. The van der Waals surface area contributed by atoms with Gasteiger partial charge in [-0.2, -0.15) is 0 Å². The maximum atomic E-state index is 6.81. The van der Waals surface area contributed by atoms with Crippen LogP contribution in [0, 0.1) is 0 Å². The van der Waals surface area contributed by atoms with Crippen molar-refractivity contribution in [1.82, 2.24) is 0 Å². The van der Waals surface area contributed by atoms with Crippen LogP contribution in [0.15, 0.2) is 42.1 Å². The van der Waals surface area contributed by atoms with Gasteiger partial charge in [-0.15, -0.1) is 5.73 Å². The molecular formula is C8H8. The summed E-state index contributed by atoms with van der Waals surface area (Å²) in [5.74, 6) is 0. The highest BCUT2D eigenvalue weighted by molar-refractivity contribution is 5.28. The molecule has 0 radical (unpaired) electrons. The Kier molecular flexibility index (Phi) is 0.911. The minimum atomic E-state index is -0.255. The van der Waals surface area contributed by atoms with Gasteiger partial charge in [-0.25, -0.2) is 0 Å². The van der Waals surface area contributed by atoms with Crippen molar-refractivity contribution >= 4 is 0 Å². The average molecular weight is 106 g/mol. The maximum absolute atomic E-state index is 6.81. The lowest BCUT2D eigenvalue weighted by Crippen LogP contribution is -1.75. The lowest BCUT2D eigenvalue weighted by atomic mass is 10.1. The minimum Gasteiger partial charge on any atom is -0.125 e. The number of allylic oxidation sites excluding steroid dienone is 5. The summed E-state index contributed by atoms with van der Waals surface area (Å²) in [5.41, 5.74) is 3.52. The Morgan fingerprint density at radius 2 is 2.75 bits per heavy atom. The second kappa shape index (κ2) is 2.34. The first-order valence-corrected chi connectivity index (χ1v) is 2.55. The molecule has 0 N–H and O–H groups in total. The fraction of sp³-hybridized carbons (Fsp3) is 0.125. The van der Waals surface area contributed by atoms with E-state index in [9.17, 15) is 0 Å². The summed E-state index contributed by atoms with van der Waals surface area (Å²) in [4.78, 5) is 0. The molecule has 0 heterocycles. The molecule has 0 aromatic rings. The van der Waals surface area contributed by atoms with Gasteiger partial charge in [0.05, 0.1) is 2.74 Å². The first-order valence-electron chi connectivity index (χ1n) is 3.55. The van der Waals surface area contributed by atoms with Crippen molar-refractivity contribution in [2.45, 2.75) is 6.42 Å². The van der Waals surface area contributed by atoms with E-state index in [-0.39, 0.29) is 6.53 Å². The molecule has 0 bridgehead atoms. The van der Waals surface area contributed by atoms with E-state index in [2.05, 4.69) is 5.73 Å². The smallest absolute Gasteiger partial charge is 0.0628 e. The molecule has 8 heavy (non-hydrogen) atoms. The van der Waals surface area contributed by atoms with Crippen molar-refractivity contribution in [1.29, 1.82) is 0 Å². The van der Waals surface area contributed by atoms with Crippen molar-refractivity contribution in [3.8, 4) is 0 Å². The molecule has 0 aromatic heterocycles. The van der Waals surface area contributed by atoms with Crippen molar-refractivity contribution < 1.29 is 2.74 Å². The molecule has 0 amide bonds. The Hall–Kier alpha value is -1.00. The third-order valence-corrected chi connectivity index (χ3v) is 1.04. The molecule has 40 valence electrons. The van der Waals surface area contributed by atoms with E-state index in [0.29, 0.717) is 0 Å². The van der Waals surface area contributed by atoms with Crippen LogP contribution < -0.4 is 0 Å². The fourth-order valence-corrected chi connectivity index (χ4v) is 0.606. The standard InChI is InChI=1S/C8H8/c1-2-8-6-4-3-5-7-8/h3-6H,1,7H2/i1D2. The van der Waals surface area contributed by atoms with E-state index in [1.165, 1.54) is 0 Å². The topological polar surface area (TPSA) is 0 Å². The Morgan fingerprint density at radius 3 is 3.38 bits per heavy atom. The highest BCUT2D eigenvalue weighted by Gasteiger charge is 1.87. The van der Waals surface area contributed by atoms with Crippen molar-refractivity contribution in [3.63, 3.8) is 0 Å². The molecule has 0 saturated heterocycles. The summed E-state index contributed by atoms with van der Waals surface area (Å²) in [6.07, 6.45) is 8.46. The van der Waals surface area contributed by atoms with Crippen LogP contribution in [0.1, 0.15) is 9.16 Å². The van der Waals surface area contributed by atoms with E-state index < -0.39 is 0 Å². The highest BCUT2D eigenvalue weighted by atomic mass is 13.9. The van der Waals surface area contributed by atoms with Crippen molar-refractivity contribution in [2.75, 3.05) is 0 Å². The zero-order valence-corrected chi connectivity index (χ0v) is 4.52. The normalized spacial score (nSPS) is 19.2. The Bertz CT molecular complexity index is 236. The summed E-state index contributed by atoms with van der Waals surface area (Å²) in [6.45, 7) is -0.255. The minimum absolute atomic E-state index is 0.255. The number of rotatable bonds is 0. The third kappa shape index (κ3) is 0.988. The molecule has 1 aliphatic rings. The van der Waals surface area contributed by atoms with E-state index in [1.807, 2.05) is 24.3 Å². The monoisotopic (exact) mass is 106 g/mol. The highest BCUT2D eigenvalue weighted by Crippen LogP contribution is 2.06. The molecule has 0 unspecified atom stereocenters. The molecule has 0 fully saturated rings. The zero-order chi connectivity index (χ0) is 7.40. The van der Waals surface area contributed by atoms with Crippen LogP contribution >= 0.6 is 0 Å². The van der Waals surface area contributed by atoms with Crippen LogP contribution in [0.5, 0.6) is 0 Å². The number of hydrogen-bond acceptors (Lipinski definition) is 0. The summed E-state index contributed by atoms with van der Waals surface area (Å²) in [5, 5.41) is 0. The predicted octanol–water partition coefficient (Wildman–Crippen LogP) is 2.21. The average Bonchev–Trinajstić information content (AvgIpc) is 1.88.